The average Bonchev–Trinajstić information content (AvgIpc) is 3.07. The quantitative estimate of drug-likeness (QED) is 0.852. The molecule has 3 heterocycles. The number of aromatic nitrogens is 1. The summed E-state index contributed by atoms with van der Waals surface area (Å²) < 4.78 is 29.8. The second-order valence-electron chi connectivity index (χ2n) is 6.71. The topological polar surface area (TPSA) is 88.8 Å². The molecule has 2 fully saturated rings. The third-order valence-electron chi connectivity index (χ3n) is 5.00. The molecule has 2 aliphatic rings. The van der Waals surface area contributed by atoms with Crippen molar-refractivity contribution in [2.75, 3.05) is 31.1 Å². The standard InChI is InChI=1S/C18H22N4O3S/c19-26(23,24)17-7-4-8-20-18(17)22-12-15-16(13-22)25-10-9-21(15)11-14-5-2-1-3-6-14/h1-8,15-16H,9-13H2,(H2,19,23,24). The van der Waals surface area contributed by atoms with E-state index in [9.17, 15) is 8.42 Å². The lowest BCUT2D eigenvalue weighted by Crippen LogP contribution is -2.50. The molecule has 0 spiro atoms. The minimum Gasteiger partial charge on any atom is -0.373 e. The fourth-order valence-electron chi connectivity index (χ4n) is 3.79. The number of hydrogen-bond acceptors (Lipinski definition) is 6. The van der Waals surface area contributed by atoms with Gasteiger partial charge >= 0.3 is 0 Å². The van der Waals surface area contributed by atoms with Crippen LogP contribution in [-0.4, -0.2) is 56.7 Å². The SMILES string of the molecule is NS(=O)(=O)c1cccnc1N1CC2OCCN(Cc3ccccc3)C2C1. The van der Waals surface area contributed by atoms with Gasteiger partial charge in [0.2, 0.25) is 10.0 Å². The van der Waals surface area contributed by atoms with E-state index >= 15 is 0 Å². The highest BCUT2D eigenvalue weighted by molar-refractivity contribution is 7.89. The van der Waals surface area contributed by atoms with Crippen molar-refractivity contribution in [1.82, 2.24) is 9.88 Å². The minimum atomic E-state index is -3.82. The van der Waals surface area contributed by atoms with Gasteiger partial charge in [0, 0.05) is 32.4 Å². The smallest absolute Gasteiger partial charge is 0.241 e. The minimum absolute atomic E-state index is 0.0304. The summed E-state index contributed by atoms with van der Waals surface area (Å²) in [4.78, 5) is 8.73. The molecule has 138 valence electrons. The predicted octanol–water partition coefficient (Wildman–Crippen LogP) is 0.819. The summed E-state index contributed by atoms with van der Waals surface area (Å²) in [6.45, 7) is 3.65. The Bertz CT molecular complexity index is 875. The summed E-state index contributed by atoms with van der Waals surface area (Å²) in [5.41, 5.74) is 1.26. The van der Waals surface area contributed by atoms with Crippen molar-refractivity contribution in [1.29, 1.82) is 0 Å². The van der Waals surface area contributed by atoms with Crippen LogP contribution >= 0.6 is 0 Å². The lowest BCUT2D eigenvalue weighted by Gasteiger charge is -2.36. The van der Waals surface area contributed by atoms with Gasteiger partial charge in [-0.3, -0.25) is 4.90 Å². The third-order valence-corrected chi connectivity index (χ3v) is 5.93. The normalized spacial score (nSPS) is 23.8. The molecule has 4 rings (SSSR count). The molecule has 2 aliphatic heterocycles. The molecule has 0 bridgehead atoms. The number of primary sulfonamides is 1. The molecule has 0 aliphatic carbocycles. The first-order valence-electron chi connectivity index (χ1n) is 8.65. The highest BCUT2D eigenvalue weighted by Crippen LogP contribution is 2.30. The summed E-state index contributed by atoms with van der Waals surface area (Å²) in [6, 6.07) is 13.6. The molecule has 1 aromatic carbocycles. The van der Waals surface area contributed by atoms with Crippen molar-refractivity contribution < 1.29 is 13.2 Å². The molecule has 2 N–H and O–H groups in total. The van der Waals surface area contributed by atoms with Crippen LogP contribution in [0, 0.1) is 0 Å². The Morgan fingerprint density at radius 3 is 2.73 bits per heavy atom. The predicted molar refractivity (Wildman–Crippen MR) is 98.2 cm³/mol. The summed E-state index contributed by atoms with van der Waals surface area (Å²) in [7, 11) is -3.82. The van der Waals surface area contributed by atoms with E-state index in [1.54, 1.807) is 12.3 Å². The molecule has 0 amide bonds. The van der Waals surface area contributed by atoms with Crippen LogP contribution in [0.25, 0.3) is 0 Å². The van der Waals surface area contributed by atoms with Gasteiger partial charge in [-0.1, -0.05) is 30.3 Å². The van der Waals surface area contributed by atoms with Crippen LogP contribution in [-0.2, 0) is 21.3 Å². The van der Waals surface area contributed by atoms with Crippen LogP contribution in [0.2, 0.25) is 0 Å². The average molecular weight is 374 g/mol. The lowest BCUT2D eigenvalue weighted by atomic mass is 10.1. The number of anilines is 1. The highest BCUT2D eigenvalue weighted by Gasteiger charge is 2.41. The summed E-state index contributed by atoms with van der Waals surface area (Å²) in [5.74, 6) is 0.410. The molecule has 2 atom stereocenters. The maximum atomic E-state index is 11.9. The van der Waals surface area contributed by atoms with Crippen molar-refractivity contribution >= 4 is 15.8 Å². The van der Waals surface area contributed by atoms with Crippen molar-refractivity contribution in [2.24, 2.45) is 5.14 Å². The molecule has 0 radical (unpaired) electrons. The van der Waals surface area contributed by atoms with E-state index in [-0.39, 0.29) is 17.0 Å². The van der Waals surface area contributed by atoms with E-state index in [1.807, 2.05) is 23.1 Å². The zero-order chi connectivity index (χ0) is 18.1. The van der Waals surface area contributed by atoms with Crippen LogP contribution in [0.1, 0.15) is 5.56 Å². The van der Waals surface area contributed by atoms with Crippen LogP contribution in [0.5, 0.6) is 0 Å². The van der Waals surface area contributed by atoms with E-state index in [1.165, 1.54) is 11.6 Å². The van der Waals surface area contributed by atoms with Gasteiger partial charge in [-0.25, -0.2) is 18.5 Å². The van der Waals surface area contributed by atoms with Crippen LogP contribution in [0.4, 0.5) is 5.82 Å². The summed E-state index contributed by atoms with van der Waals surface area (Å²) in [6.07, 6.45) is 1.62. The molecule has 2 unspecified atom stereocenters. The summed E-state index contributed by atoms with van der Waals surface area (Å²) >= 11 is 0. The van der Waals surface area contributed by atoms with Gasteiger partial charge in [0.25, 0.3) is 0 Å². The monoisotopic (exact) mass is 374 g/mol. The van der Waals surface area contributed by atoms with Gasteiger partial charge < -0.3 is 9.64 Å². The van der Waals surface area contributed by atoms with Gasteiger partial charge in [-0.15, -0.1) is 0 Å². The molecule has 2 aromatic rings. The number of nitrogens with two attached hydrogens (primary N) is 1. The molecule has 8 heteroatoms. The lowest BCUT2D eigenvalue weighted by molar-refractivity contribution is -0.0499. The number of sulfonamides is 1. The van der Waals surface area contributed by atoms with E-state index < -0.39 is 10.0 Å². The molecular weight excluding hydrogens is 352 g/mol. The third kappa shape index (κ3) is 3.45. The largest absolute Gasteiger partial charge is 0.373 e. The van der Waals surface area contributed by atoms with E-state index in [0.29, 0.717) is 25.5 Å². The van der Waals surface area contributed by atoms with Crippen molar-refractivity contribution in [3.63, 3.8) is 0 Å². The number of rotatable bonds is 4. The second-order valence-corrected chi connectivity index (χ2v) is 8.24. The highest BCUT2D eigenvalue weighted by atomic mass is 32.2. The Balaban J connectivity index is 1.57. The molecule has 1 aromatic heterocycles. The fraction of sp³-hybridized carbons (Fsp3) is 0.389. The second kappa shape index (κ2) is 6.96. The van der Waals surface area contributed by atoms with Crippen LogP contribution in [0.3, 0.4) is 0 Å². The van der Waals surface area contributed by atoms with Crippen LogP contribution < -0.4 is 10.0 Å². The Morgan fingerprint density at radius 1 is 1.15 bits per heavy atom. The maximum Gasteiger partial charge on any atom is 0.241 e. The van der Waals surface area contributed by atoms with Gasteiger partial charge in [0.1, 0.15) is 10.7 Å². The Labute approximate surface area is 153 Å². The maximum absolute atomic E-state index is 11.9. The van der Waals surface area contributed by atoms with Crippen molar-refractivity contribution in [2.45, 2.75) is 23.6 Å². The summed E-state index contributed by atoms with van der Waals surface area (Å²) in [5, 5.41) is 5.37. The first kappa shape index (κ1) is 17.4. The Hall–Kier alpha value is -2.00. The van der Waals surface area contributed by atoms with Gasteiger partial charge in [-0.2, -0.15) is 0 Å². The molecule has 7 nitrogen and oxygen atoms in total. The Kier molecular flexibility index (Phi) is 4.66. The van der Waals surface area contributed by atoms with Crippen LogP contribution in [0.15, 0.2) is 53.6 Å². The first-order valence-corrected chi connectivity index (χ1v) is 10.2. The van der Waals surface area contributed by atoms with Crippen molar-refractivity contribution in [3.05, 3.63) is 54.2 Å². The van der Waals surface area contributed by atoms with Gasteiger partial charge in [0.15, 0.2) is 0 Å². The molecular formula is C18H22N4O3S. The fourth-order valence-corrected chi connectivity index (χ4v) is 4.49. The van der Waals surface area contributed by atoms with Gasteiger partial charge in [-0.05, 0) is 17.7 Å². The van der Waals surface area contributed by atoms with E-state index in [2.05, 4.69) is 22.0 Å². The number of benzene rings is 1. The number of ether oxygens (including phenoxy) is 1. The number of fused-ring (bicyclic) bond motifs is 1. The van der Waals surface area contributed by atoms with E-state index in [4.69, 9.17) is 9.88 Å². The molecule has 26 heavy (non-hydrogen) atoms. The first-order chi connectivity index (χ1) is 12.5. The molecule has 2 saturated heterocycles. The Morgan fingerprint density at radius 2 is 1.96 bits per heavy atom. The van der Waals surface area contributed by atoms with Crippen molar-refractivity contribution in [3.8, 4) is 0 Å². The number of hydrogen-bond donors (Lipinski definition) is 1. The van der Waals surface area contributed by atoms with Gasteiger partial charge in [0.05, 0.1) is 18.8 Å². The van der Waals surface area contributed by atoms with E-state index in [0.717, 1.165) is 13.1 Å². The number of pyridine rings is 1. The number of nitrogens with zero attached hydrogens (tertiary/aromatic N) is 3. The number of morpholine rings is 1. The molecule has 0 saturated carbocycles. The zero-order valence-corrected chi connectivity index (χ0v) is 15.2. The zero-order valence-electron chi connectivity index (χ0n) is 14.4.